The SMILES string of the molecule is CCC1C(=O)NCCN1c1nc(C(C)O)cs1. The first kappa shape index (κ1) is 12.3. The van der Waals surface area contributed by atoms with Crippen molar-refractivity contribution in [1.29, 1.82) is 0 Å². The summed E-state index contributed by atoms with van der Waals surface area (Å²) in [6.45, 7) is 5.11. The van der Waals surface area contributed by atoms with Crippen LogP contribution in [0.5, 0.6) is 0 Å². The molecule has 1 fully saturated rings. The van der Waals surface area contributed by atoms with Crippen LogP contribution >= 0.6 is 11.3 Å². The van der Waals surface area contributed by atoms with E-state index in [1.54, 1.807) is 6.92 Å². The molecule has 1 saturated heterocycles. The van der Waals surface area contributed by atoms with Crippen molar-refractivity contribution >= 4 is 22.4 Å². The topological polar surface area (TPSA) is 65.5 Å². The molecule has 17 heavy (non-hydrogen) atoms. The molecule has 2 atom stereocenters. The largest absolute Gasteiger partial charge is 0.387 e. The normalized spacial score (nSPS) is 22.4. The summed E-state index contributed by atoms with van der Waals surface area (Å²) in [4.78, 5) is 18.1. The molecule has 2 rings (SSSR count). The molecule has 0 aliphatic carbocycles. The zero-order valence-corrected chi connectivity index (χ0v) is 10.8. The minimum atomic E-state index is -0.557. The highest BCUT2D eigenvalue weighted by Gasteiger charge is 2.30. The Bertz CT molecular complexity index is 405. The molecule has 0 radical (unpaired) electrons. The van der Waals surface area contributed by atoms with Gasteiger partial charge in [0, 0.05) is 18.5 Å². The van der Waals surface area contributed by atoms with E-state index < -0.39 is 6.10 Å². The average molecular weight is 255 g/mol. The molecule has 5 nitrogen and oxygen atoms in total. The Morgan fingerprint density at radius 2 is 2.53 bits per heavy atom. The Hall–Kier alpha value is -1.14. The summed E-state index contributed by atoms with van der Waals surface area (Å²) in [7, 11) is 0. The summed E-state index contributed by atoms with van der Waals surface area (Å²) in [5.74, 6) is 0.0625. The molecule has 2 unspecified atom stereocenters. The number of nitrogens with zero attached hydrogens (tertiary/aromatic N) is 2. The molecule has 0 saturated carbocycles. The van der Waals surface area contributed by atoms with Crippen LogP contribution in [0.2, 0.25) is 0 Å². The second kappa shape index (κ2) is 5.01. The number of rotatable bonds is 3. The van der Waals surface area contributed by atoms with Crippen LogP contribution in [0.25, 0.3) is 0 Å². The van der Waals surface area contributed by atoms with Crippen molar-refractivity contribution in [2.75, 3.05) is 18.0 Å². The summed E-state index contributed by atoms with van der Waals surface area (Å²) < 4.78 is 0. The highest BCUT2D eigenvalue weighted by Crippen LogP contribution is 2.27. The van der Waals surface area contributed by atoms with E-state index in [4.69, 9.17) is 0 Å². The van der Waals surface area contributed by atoms with Crippen molar-refractivity contribution in [2.45, 2.75) is 32.4 Å². The van der Waals surface area contributed by atoms with Gasteiger partial charge in [0.2, 0.25) is 5.91 Å². The Balaban J connectivity index is 2.21. The van der Waals surface area contributed by atoms with E-state index in [1.807, 2.05) is 17.2 Å². The van der Waals surface area contributed by atoms with Gasteiger partial charge in [-0.05, 0) is 13.3 Å². The van der Waals surface area contributed by atoms with Crippen molar-refractivity contribution in [1.82, 2.24) is 10.3 Å². The second-order valence-electron chi connectivity index (χ2n) is 4.14. The van der Waals surface area contributed by atoms with Gasteiger partial charge >= 0.3 is 0 Å². The monoisotopic (exact) mass is 255 g/mol. The van der Waals surface area contributed by atoms with Crippen LogP contribution in [-0.2, 0) is 4.79 Å². The molecule has 1 aromatic rings. The van der Waals surface area contributed by atoms with Crippen LogP contribution in [0, 0.1) is 0 Å². The molecular weight excluding hydrogens is 238 g/mol. The fraction of sp³-hybridized carbons (Fsp3) is 0.636. The van der Waals surface area contributed by atoms with Crippen molar-refractivity contribution in [3.63, 3.8) is 0 Å². The molecular formula is C11H17N3O2S. The van der Waals surface area contributed by atoms with Gasteiger partial charge in [0.25, 0.3) is 0 Å². The fourth-order valence-electron chi connectivity index (χ4n) is 1.95. The van der Waals surface area contributed by atoms with Crippen LogP contribution in [0.4, 0.5) is 5.13 Å². The highest BCUT2D eigenvalue weighted by molar-refractivity contribution is 7.13. The zero-order chi connectivity index (χ0) is 12.4. The molecule has 0 spiro atoms. The van der Waals surface area contributed by atoms with Gasteiger partial charge in [0.05, 0.1) is 11.8 Å². The summed E-state index contributed by atoms with van der Waals surface area (Å²) in [6.07, 6.45) is 0.203. The minimum absolute atomic E-state index is 0.0625. The first-order valence-corrected chi connectivity index (χ1v) is 6.69. The molecule has 6 heteroatoms. The Labute approximate surface area is 104 Å². The van der Waals surface area contributed by atoms with Gasteiger partial charge < -0.3 is 15.3 Å². The lowest BCUT2D eigenvalue weighted by molar-refractivity contribution is -0.123. The van der Waals surface area contributed by atoms with Gasteiger partial charge in [0.15, 0.2) is 5.13 Å². The van der Waals surface area contributed by atoms with E-state index in [0.29, 0.717) is 12.2 Å². The Morgan fingerprint density at radius 1 is 1.76 bits per heavy atom. The molecule has 94 valence electrons. The standard InChI is InChI=1S/C11H17N3O2S/c1-3-9-10(16)12-4-5-14(9)11-13-8(6-17-11)7(2)15/h6-7,9,15H,3-5H2,1-2H3,(H,12,16). The van der Waals surface area contributed by atoms with E-state index in [0.717, 1.165) is 18.1 Å². The van der Waals surface area contributed by atoms with Crippen LogP contribution in [0.15, 0.2) is 5.38 Å². The quantitative estimate of drug-likeness (QED) is 0.842. The van der Waals surface area contributed by atoms with Gasteiger partial charge in [-0.3, -0.25) is 4.79 Å². The van der Waals surface area contributed by atoms with Crippen molar-refractivity contribution < 1.29 is 9.90 Å². The number of nitrogens with one attached hydrogen (secondary N) is 1. The van der Waals surface area contributed by atoms with Gasteiger partial charge in [-0.2, -0.15) is 0 Å². The second-order valence-corrected chi connectivity index (χ2v) is 4.98. The molecule has 1 aliphatic rings. The summed E-state index contributed by atoms with van der Waals surface area (Å²) in [5, 5.41) is 15.0. The lowest BCUT2D eigenvalue weighted by Crippen LogP contribution is -2.55. The van der Waals surface area contributed by atoms with Crippen LogP contribution in [0.3, 0.4) is 0 Å². The number of carbonyl (C=O) groups excluding carboxylic acids is 1. The number of aliphatic hydroxyl groups is 1. The minimum Gasteiger partial charge on any atom is -0.387 e. The van der Waals surface area contributed by atoms with E-state index in [2.05, 4.69) is 10.3 Å². The Morgan fingerprint density at radius 3 is 3.12 bits per heavy atom. The maximum Gasteiger partial charge on any atom is 0.242 e. The van der Waals surface area contributed by atoms with Crippen LogP contribution in [0.1, 0.15) is 32.1 Å². The maximum atomic E-state index is 11.7. The number of amides is 1. The number of aromatic nitrogens is 1. The Kier molecular flexibility index (Phi) is 3.63. The highest BCUT2D eigenvalue weighted by atomic mass is 32.1. The third-order valence-corrected chi connectivity index (χ3v) is 3.80. The van der Waals surface area contributed by atoms with Gasteiger partial charge in [-0.1, -0.05) is 6.92 Å². The lowest BCUT2D eigenvalue weighted by Gasteiger charge is -2.34. The first-order chi connectivity index (χ1) is 8.13. The number of hydrogen-bond acceptors (Lipinski definition) is 5. The third kappa shape index (κ3) is 2.42. The number of thiazole rings is 1. The zero-order valence-electron chi connectivity index (χ0n) is 10.0. The summed E-state index contributed by atoms with van der Waals surface area (Å²) in [6, 6.07) is -0.142. The number of carbonyl (C=O) groups is 1. The van der Waals surface area contributed by atoms with Crippen molar-refractivity contribution in [2.24, 2.45) is 0 Å². The first-order valence-electron chi connectivity index (χ1n) is 5.81. The van der Waals surface area contributed by atoms with Crippen molar-refractivity contribution in [3.8, 4) is 0 Å². The maximum absolute atomic E-state index is 11.7. The lowest BCUT2D eigenvalue weighted by atomic mass is 10.1. The van der Waals surface area contributed by atoms with Gasteiger partial charge in [0.1, 0.15) is 6.04 Å². The van der Waals surface area contributed by atoms with Gasteiger partial charge in [-0.25, -0.2) is 4.98 Å². The molecule has 1 aromatic heterocycles. The number of aliphatic hydroxyl groups excluding tert-OH is 1. The molecule has 2 N–H and O–H groups in total. The molecule has 0 aromatic carbocycles. The molecule has 1 aliphatic heterocycles. The smallest absolute Gasteiger partial charge is 0.242 e. The predicted octanol–water partition coefficient (Wildman–Crippen LogP) is 0.911. The average Bonchev–Trinajstić information content (AvgIpc) is 2.77. The predicted molar refractivity (Wildman–Crippen MR) is 67.2 cm³/mol. The van der Waals surface area contributed by atoms with E-state index in [1.165, 1.54) is 11.3 Å². The fourth-order valence-corrected chi connectivity index (χ4v) is 2.94. The van der Waals surface area contributed by atoms with Crippen LogP contribution in [-0.4, -0.2) is 35.1 Å². The van der Waals surface area contributed by atoms with E-state index in [-0.39, 0.29) is 11.9 Å². The van der Waals surface area contributed by atoms with E-state index in [9.17, 15) is 9.90 Å². The van der Waals surface area contributed by atoms with Gasteiger partial charge in [-0.15, -0.1) is 11.3 Å². The summed E-state index contributed by atoms with van der Waals surface area (Å²) in [5.41, 5.74) is 0.672. The number of hydrogen-bond donors (Lipinski definition) is 2. The molecule has 2 heterocycles. The number of anilines is 1. The van der Waals surface area contributed by atoms with Crippen molar-refractivity contribution in [3.05, 3.63) is 11.1 Å². The molecule has 0 bridgehead atoms. The third-order valence-electron chi connectivity index (χ3n) is 2.90. The van der Waals surface area contributed by atoms with E-state index >= 15 is 0 Å². The van der Waals surface area contributed by atoms with Crippen LogP contribution < -0.4 is 10.2 Å². The molecule has 1 amide bonds. The number of piperazine rings is 1. The summed E-state index contributed by atoms with van der Waals surface area (Å²) >= 11 is 1.48.